The fourth-order valence-electron chi connectivity index (χ4n) is 3.83. The number of carbonyl (C=O) groups excluding carboxylic acids is 1. The highest BCUT2D eigenvalue weighted by Crippen LogP contribution is 2.36. The largest absolute Gasteiger partial charge is 0.375 e. The van der Waals surface area contributed by atoms with Crippen molar-refractivity contribution in [2.75, 3.05) is 19.7 Å². The number of benzene rings is 1. The number of H-pyrrole nitrogens is 1. The lowest BCUT2D eigenvalue weighted by molar-refractivity contribution is -0.00691. The van der Waals surface area contributed by atoms with E-state index in [0.29, 0.717) is 17.0 Å². The number of rotatable bonds is 2. The number of nitrogens with one attached hydrogen (secondary N) is 1. The van der Waals surface area contributed by atoms with Gasteiger partial charge in [0.25, 0.3) is 5.91 Å². The normalized spacial score (nSPS) is 24.2. The molecule has 1 N–H and O–H groups in total. The van der Waals surface area contributed by atoms with Gasteiger partial charge in [-0.25, -0.2) is 0 Å². The Balaban J connectivity index is 1.56. The lowest BCUT2D eigenvalue weighted by Gasteiger charge is -2.27. The van der Waals surface area contributed by atoms with Crippen molar-refractivity contribution in [2.45, 2.75) is 37.7 Å². The first-order valence-corrected chi connectivity index (χ1v) is 8.54. The number of likely N-dealkylation sites (tertiary alicyclic amines) is 1. The van der Waals surface area contributed by atoms with Gasteiger partial charge in [0.15, 0.2) is 0 Å². The molecule has 1 aromatic heterocycles. The van der Waals surface area contributed by atoms with Crippen molar-refractivity contribution < 1.29 is 9.53 Å². The van der Waals surface area contributed by atoms with E-state index in [1.165, 1.54) is 0 Å². The smallest absolute Gasteiger partial charge is 0.254 e. The standard InChI is InChI=1S/C17H21N5O2/c23-16(14-6-2-1-5-13(14)15-18-20-21-19-15)22-10-3-7-17(9-11-22)8-4-12-24-17/h1-2,5-6H,3-4,7-12H2,(H,18,19,20,21)/t17-/m1/s1. The molecule has 1 spiro atoms. The number of ether oxygens (including phenoxy) is 1. The quantitative estimate of drug-likeness (QED) is 0.912. The molecule has 0 unspecified atom stereocenters. The predicted molar refractivity (Wildman–Crippen MR) is 87.3 cm³/mol. The van der Waals surface area contributed by atoms with Gasteiger partial charge in [-0.2, -0.15) is 5.21 Å². The molecule has 126 valence electrons. The summed E-state index contributed by atoms with van der Waals surface area (Å²) in [5.74, 6) is 0.481. The lowest BCUT2D eigenvalue weighted by atomic mass is 9.92. The van der Waals surface area contributed by atoms with Crippen LogP contribution in [-0.4, -0.2) is 56.7 Å². The fraction of sp³-hybridized carbons (Fsp3) is 0.529. The third-order valence-electron chi connectivity index (χ3n) is 5.11. The first kappa shape index (κ1) is 15.3. The summed E-state index contributed by atoms with van der Waals surface area (Å²) < 4.78 is 6.01. The molecule has 2 aliphatic heterocycles. The van der Waals surface area contributed by atoms with Gasteiger partial charge in [-0.15, -0.1) is 10.2 Å². The molecule has 7 heteroatoms. The minimum atomic E-state index is 0.00220. The van der Waals surface area contributed by atoms with Crippen LogP contribution in [0.5, 0.6) is 0 Å². The van der Waals surface area contributed by atoms with Crippen LogP contribution in [0.15, 0.2) is 24.3 Å². The SMILES string of the molecule is O=C(c1ccccc1-c1nn[nH]n1)N1CCC[C@@]2(CCCO2)CC1. The highest BCUT2D eigenvalue weighted by atomic mass is 16.5. The van der Waals surface area contributed by atoms with Gasteiger partial charge >= 0.3 is 0 Å². The molecule has 24 heavy (non-hydrogen) atoms. The van der Waals surface area contributed by atoms with E-state index in [9.17, 15) is 4.79 Å². The second-order valence-electron chi connectivity index (χ2n) is 6.56. The number of carbonyl (C=O) groups is 1. The molecule has 0 radical (unpaired) electrons. The van der Waals surface area contributed by atoms with Crippen LogP contribution in [0, 0.1) is 0 Å². The number of aromatic nitrogens is 4. The Morgan fingerprint density at radius 3 is 2.83 bits per heavy atom. The van der Waals surface area contributed by atoms with Gasteiger partial charge < -0.3 is 9.64 Å². The number of nitrogens with zero attached hydrogens (tertiary/aromatic N) is 4. The number of aromatic amines is 1. The van der Waals surface area contributed by atoms with Gasteiger partial charge in [-0.3, -0.25) is 4.79 Å². The van der Waals surface area contributed by atoms with Crippen LogP contribution in [-0.2, 0) is 4.74 Å². The predicted octanol–water partition coefficient (Wildman–Crippen LogP) is 2.04. The van der Waals surface area contributed by atoms with Crippen molar-refractivity contribution >= 4 is 5.91 Å². The van der Waals surface area contributed by atoms with E-state index in [1.807, 2.05) is 29.2 Å². The van der Waals surface area contributed by atoms with E-state index < -0.39 is 0 Å². The van der Waals surface area contributed by atoms with E-state index in [-0.39, 0.29) is 11.5 Å². The Bertz CT molecular complexity index is 710. The van der Waals surface area contributed by atoms with Crippen molar-refractivity contribution in [3.8, 4) is 11.4 Å². The highest BCUT2D eigenvalue weighted by molar-refractivity contribution is 6.00. The van der Waals surface area contributed by atoms with Gasteiger partial charge in [0.05, 0.1) is 11.2 Å². The first-order valence-electron chi connectivity index (χ1n) is 8.54. The van der Waals surface area contributed by atoms with Crippen LogP contribution in [0.1, 0.15) is 42.5 Å². The molecule has 1 atom stereocenters. The maximum Gasteiger partial charge on any atom is 0.254 e. The van der Waals surface area contributed by atoms with E-state index in [0.717, 1.165) is 51.8 Å². The monoisotopic (exact) mass is 327 g/mol. The topological polar surface area (TPSA) is 84.0 Å². The number of amides is 1. The van der Waals surface area contributed by atoms with Gasteiger partial charge in [0.2, 0.25) is 5.82 Å². The van der Waals surface area contributed by atoms with Crippen molar-refractivity contribution in [3.63, 3.8) is 0 Å². The summed E-state index contributed by atoms with van der Waals surface area (Å²) in [6.07, 6.45) is 5.20. The van der Waals surface area contributed by atoms with Crippen molar-refractivity contribution in [2.24, 2.45) is 0 Å². The molecule has 0 bridgehead atoms. The Kier molecular flexibility index (Phi) is 4.02. The fourth-order valence-corrected chi connectivity index (χ4v) is 3.83. The van der Waals surface area contributed by atoms with E-state index in [2.05, 4.69) is 20.6 Å². The zero-order chi connectivity index (χ0) is 16.4. The maximum atomic E-state index is 13.1. The van der Waals surface area contributed by atoms with Crippen LogP contribution < -0.4 is 0 Å². The number of hydrogen-bond acceptors (Lipinski definition) is 5. The molecule has 1 aromatic carbocycles. The van der Waals surface area contributed by atoms with Crippen LogP contribution in [0.2, 0.25) is 0 Å². The minimum absolute atomic E-state index is 0.00220. The molecule has 2 aliphatic rings. The zero-order valence-corrected chi connectivity index (χ0v) is 13.6. The zero-order valence-electron chi connectivity index (χ0n) is 13.6. The summed E-state index contributed by atoms with van der Waals surface area (Å²) in [6, 6.07) is 7.45. The molecular weight excluding hydrogens is 306 g/mol. The van der Waals surface area contributed by atoms with Gasteiger partial charge in [-0.1, -0.05) is 18.2 Å². The van der Waals surface area contributed by atoms with Crippen LogP contribution in [0.25, 0.3) is 11.4 Å². The third kappa shape index (κ3) is 2.80. The third-order valence-corrected chi connectivity index (χ3v) is 5.11. The number of hydrogen-bond donors (Lipinski definition) is 1. The van der Waals surface area contributed by atoms with Crippen LogP contribution >= 0.6 is 0 Å². The molecular formula is C17H21N5O2. The average Bonchev–Trinajstić information content (AvgIpc) is 3.25. The van der Waals surface area contributed by atoms with Gasteiger partial charge in [0, 0.05) is 25.3 Å². The molecule has 1 amide bonds. The Labute approximate surface area is 140 Å². The van der Waals surface area contributed by atoms with E-state index in [1.54, 1.807) is 0 Å². The van der Waals surface area contributed by atoms with Gasteiger partial charge in [-0.05, 0) is 43.4 Å². The second-order valence-corrected chi connectivity index (χ2v) is 6.56. The van der Waals surface area contributed by atoms with Crippen LogP contribution in [0.4, 0.5) is 0 Å². The van der Waals surface area contributed by atoms with E-state index >= 15 is 0 Å². The van der Waals surface area contributed by atoms with Crippen molar-refractivity contribution in [3.05, 3.63) is 29.8 Å². The molecule has 0 aliphatic carbocycles. The summed E-state index contributed by atoms with van der Waals surface area (Å²) in [6.45, 7) is 2.36. The molecule has 0 saturated carbocycles. The van der Waals surface area contributed by atoms with Crippen molar-refractivity contribution in [1.82, 2.24) is 25.5 Å². The Hall–Kier alpha value is -2.28. The summed E-state index contributed by atoms with van der Waals surface area (Å²) in [7, 11) is 0. The first-order chi connectivity index (χ1) is 11.8. The molecule has 3 heterocycles. The lowest BCUT2D eigenvalue weighted by Crippen LogP contribution is -2.34. The summed E-state index contributed by atoms with van der Waals surface area (Å²) >= 11 is 0. The van der Waals surface area contributed by atoms with E-state index in [4.69, 9.17) is 4.74 Å². The maximum absolute atomic E-state index is 13.1. The highest BCUT2D eigenvalue weighted by Gasteiger charge is 2.37. The molecule has 7 nitrogen and oxygen atoms in total. The second kappa shape index (κ2) is 6.32. The Morgan fingerprint density at radius 1 is 1.17 bits per heavy atom. The minimum Gasteiger partial charge on any atom is -0.375 e. The molecule has 2 fully saturated rings. The average molecular weight is 327 g/mol. The Morgan fingerprint density at radius 2 is 2.04 bits per heavy atom. The van der Waals surface area contributed by atoms with Crippen LogP contribution in [0.3, 0.4) is 0 Å². The summed E-state index contributed by atoms with van der Waals surface area (Å²) in [5.41, 5.74) is 1.34. The molecule has 4 rings (SSSR count). The van der Waals surface area contributed by atoms with Gasteiger partial charge in [0.1, 0.15) is 0 Å². The molecule has 2 saturated heterocycles. The number of tetrazole rings is 1. The summed E-state index contributed by atoms with van der Waals surface area (Å²) in [4.78, 5) is 15.0. The summed E-state index contributed by atoms with van der Waals surface area (Å²) in [5, 5.41) is 14.1. The van der Waals surface area contributed by atoms with Crippen molar-refractivity contribution in [1.29, 1.82) is 0 Å². The molecule has 2 aromatic rings.